The molecule has 7 heteroatoms. The Kier molecular flexibility index (Phi) is 4.64. The van der Waals surface area contributed by atoms with Crippen LogP contribution < -0.4 is 5.32 Å². The van der Waals surface area contributed by atoms with Gasteiger partial charge in [-0.15, -0.1) is 11.3 Å². The molecule has 0 radical (unpaired) electrons. The summed E-state index contributed by atoms with van der Waals surface area (Å²) in [6.45, 7) is 5.79. The highest BCUT2D eigenvalue weighted by molar-refractivity contribution is 7.15. The number of nitrogens with zero attached hydrogens (tertiary/aromatic N) is 1. The van der Waals surface area contributed by atoms with Gasteiger partial charge in [-0.05, 0) is 36.8 Å². The monoisotopic (exact) mass is 368 g/mol. The molecular weight excluding hydrogens is 349 g/mol. The lowest BCUT2D eigenvalue weighted by molar-refractivity contribution is -0.137. The first-order valence-corrected chi connectivity index (χ1v) is 8.74. The van der Waals surface area contributed by atoms with Crippen LogP contribution in [0.15, 0.2) is 36.4 Å². The van der Waals surface area contributed by atoms with E-state index in [0.29, 0.717) is 5.56 Å². The lowest BCUT2D eigenvalue weighted by Gasteiger charge is -2.48. The molecule has 1 aromatic heterocycles. The summed E-state index contributed by atoms with van der Waals surface area (Å²) in [5, 5.41) is 2.94. The van der Waals surface area contributed by atoms with Crippen LogP contribution in [0.5, 0.6) is 0 Å². The third-order valence-corrected chi connectivity index (χ3v) is 5.26. The van der Waals surface area contributed by atoms with E-state index in [1.807, 2.05) is 19.1 Å². The van der Waals surface area contributed by atoms with Gasteiger partial charge in [0.05, 0.1) is 11.1 Å². The number of hydrogen-bond acceptors (Lipinski definition) is 3. The summed E-state index contributed by atoms with van der Waals surface area (Å²) in [6.07, 6.45) is -4.33. The summed E-state index contributed by atoms with van der Waals surface area (Å²) >= 11 is 1.50. The molecule has 0 atom stereocenters. The molecule has 3 nitrogen and oxygen atoms in total. The van der Waals surface area contributed by atoms with Crippen LogP contribution in [-0.2, 0) is 17.5 Å². The topological polar surface area (TPSA) is 32.3 Å². The molecule has 0 unspecified atom stereocenters. The average Bonchev–Trinajstić information content (AvgIpc) is 2.93. The first-order chi connectivity index (χ1) is 11.6. The number of amides is 1. The molecule has 0 aliphatic carbocycles. The second-order valence-corrected chi connectivity index (χ2v) is 7.90. The molecule has 0 saturated carbocycles. The van der Waals surface area contributed by atoms with Crippen molar-refractivity contribution < 1.29 is 18.0 Å². The molecule has 3 rings (SSSR count). The smallest absolute Gasteiger partial charge is 0.349 e. The Labute approximate surface area is 148 Å². The van der Waals surface area contributed by atoms with Gasteiger partial charge in [-0.25, -0.2) is 0 Å². The summed E-state index contributed by atoms with van der Waals surface area (Å²) in [5.74, 6) is -0.0369. The van der Waals surface area contributed by atoms with E-state index in [2.05, 4.69) is 10.2 Å². The lowest BCUT2D eigenvalue weighted by Crippen LogP contribution is -2.67. The molecule has 1 aliphatic rings. The third-order valence-electron chi connectivity index (χ3n) is 4.14. The summed E-state index contributed by atoms with van der Waals surface area (Å²) in [4.78, 5) is 15.3. The number of halogens is 3. The predicted octanol–water partition coefficient (Wildman–Crippen LogP) is 4.14. The minimum absolute atomic E-state index is 0.0369. The SMILES string of the molecule is CC(=O)NC1(C)CN(Cc2ccc(-c3cccc(C(F)(F)F)c3)s2)C1. The maximum atomic E-state index is 12.8. The number of carbonyl (C=O) groups is 1. The number of alkyl halides is 3. The molecule has 134 valence electrons. The standard InChI is InChI=1S/C18H19F3N2OS/c1-12(24)22-17(2)10-23(11-17)9-15-6-7-16(25-15)13-4-3-5-14(8-13)18(19,20)21/h3-8H,9-11H2,1-2H3,(H,22,24). The fourth-order valence-corrected chi connectivity index (χ4v) is 4.29. The van der Waals surface area contributed by atoms with Gasteiger partial charge in [0.1, 0.15) is 0 Å². The van der Waals surface area contributed by atoms with E-state index in [9.17, 15) is 18.0 Å². The molecule has 1 fully saturated rings. The fourth-order valence-electron chi connectivity index (χ4n) is 3.24. The summed E-state index contributed by atoms with van der Waals surface area (Å²) in [5.41, 5.74) is -0.237. The second kappa shape index (κ2) is 6.46. The largest absolute Gasteiger partial charge is 0.416 e. The molecule has 1 amide bonds. The van der Waals surface area contributed by atoms with Crippen LogP contribution >= 0.6 is 11.3 Å². The molecule has 1 saturated heterocycles. The number of benzene rings is 1. The number of carbonyl (C=O) groups excluding carboxylic acids is 1. The zero-order valence-corrected chi connectivity index (χ0v) is 14.8. The van der Waals surface area contributed by atoms with Crippen molar-refractivity contribution in [3.63, 3.8) is 0 Å². The molecule has 1 N–H and O–H groups in total. The Hall–Kier alpha value is -1.86. The maximum absolute atomic E-state index is 12.8. The van der Waals surface area contributed by atoms with E-state index in [0.717, 1.165) is 35.5 Å². The normalized spacial score (nSPS) is 17.2. The lowest BCUT2D eigenvalue weighted by atomic mass is 9.92. The van der Waals surface area contributed by atoms with Crippen LogP contribution in [0.4, 0.5) is 13.2 Å². The van der Waals surface area contributed by atoms with Crippen molar-refractivity contribution in [3.8, 4) is 10.4 Å². The number of nitrogens with one attached hydrogen (secondary N) is 1. The maximum Gasteiger partial charge on any atom is 0.416 e. The molecule has 25 heavy (non-hydrogen) atoms. The van der Waals surface area contributed by atoms with E-state index in [1.165, 1.54) is 30.4 Å². The Morgan fingerprint density at radius 3 is 2.64 bits per heavy atom. The Morgan fingerprint density at radius 1 is 1.28 bits per heavy atom. The number of thiophene rings is 1. The van der Waals surface area contributed by atoms with E-state index >= 15 is 0 Å². The van der Waals surface area contributed by atoms with E-state index in [1.54, 1.807) is 6.07 Å². The van der Waals surface area contributed by atoms with E-state index in [-0.39, 0.29) is 11.4 Å². The molecule has 2 aromatic rings. The third kappa shape index (κ3) is 4.22. The zero-order chi connectivity index (χ0) is 18.2. The molecule has 0 spiro atoms. The quantitative estimate of drug-likeness (QED) is 0.880. The van der Waals surface area contributed by atoms with E-state index < -0.39 is 11.7 Å². The molecule has 1 aliphatic heterocycles. The minimum Gasteiger partial charge on any atom is -0.349 e. The molecule has 0 bridgehead atoms. The first kappa shape index (κ1) is 17.9. The summed E-state index contributed by atoms with van der Waals surface area (Å²) in [6, 6.07) is 9.22. The van der Waals surface area contributed by atoms with Crippen LogP contribution in [-0.4, -0.2) is 29.4 Å². The average molecular weight is 368 g/mol. The van der Waals surface area contributed by atoms with Crippen LogP contribution in [0.25, 0.3) is 10.4 Å². The van der Waals surface area contributed by atoms with Crippen molar-refractivity contribution in [2.45, 2.75) is 32.1 Å². The van der Waals surface area contributed by atoms with Gasteiger partial charge in [-0.3, -0.25) is 9.69 Å². The first-order valence-electron chi connectivity index (χ1n) is 7.92. The number of likely N-dealkylation sites (tertiary alicyclic amines) is 1. The molecule has 2 heterocycles. The van der Waals surface area contributed by atoms with Crippen molar-refractivity contribution in [3.05, 3.63) is 46.8 Å². The van der Waals surface area contributed by atoms with Crippen molar-refractivity contribution >= 4 is 17.2 Å². The second-order valence-electron chi connectivity index (χ2n) is 6.73. The highest BCUT2D eigenvalue weighted by Gasteiger charge is 2.39. The zero-order valence-electron chi connectivity index (χ0n) is 14.0. The van der Waals surface area contributed by atoms with Gasteiger partial charge in [0.25, 0.3) is 0 Å². The highest BCUT2D eigenvalue weighted by Crippen LogP contribution is 2.35. The van der Waals surface area contributed by atoms with Crippen LogP contribution in [0.1, 0.15) is 24.3 Å². The van der Waals surface area contributed by atoms with Gasteiger partial charge in [-0.1, -0.05) is 12.1 Å². The van der Waals surface area contributed by atoms with Gasteiger partial charge in [0.15, 0.2) is 0 Å². The van der Waals surface area contributed by atoms with Gasteiger partial charge < -0.3 is 5.32 Å². The van der Waals surface area contributed by atoms with E-state index in [4.69, 9.17) is 0 Å². The highest BCUT2D eigenvalue weighted by atomic mass is 32.1. The Balaban J connectivity index is 1.65. The van der Waals surface area contributed by atoms with Crippen LogP contribution in [0.2, 0.25) is 0 Å². The van der Waals surface area contributed by atoms with Crippen molar-refractivity contribution in [1.82, 2.24) is 10.2 Å². The number of hydrogen-bond donors (Lipinski definition) is 1. The number of rotatable bonds is 4. The Bertz CT molecular complexity index is 779. The summed E-state index contributed by atoms with van der Waals surface area (Å²) in [7, 11) is 0. The van der Waals surface area contributed by atoms with Crippen molar-refractivity contribution in [1.29, 1.82) is 0 Å². The Morgan fingerprint density at radius 2 is 2.00 bits per heavy atom. The minimum atomic E-state index is -4.33. The van der Waals surface area contributed by atoms with Crippen molar-refractivity contribution in [2.75, 3.05) is 13.1 Å². The predicted molar refractivity (Wildman–Crippen MR) is 92.3 cm³/mol. The van der Waals surface area contributed by atoms with Gasteiger partial charge in [0.2, 0.25) is 5.91 Å². The van der Waals surface area contributed by atoms with Crippen molar-refractivity contribution in [2.24, 2.45) is 0 Å². The van der Waals surface area contributed by atoms with Crippen LogP contribution in [0, 0.1) is 0 Å². The fraction of sp³-hybridized carbons (Fsp3) is 0.389. The molecule has 1 aromatic carbocycles. The summed E-state index contributed by atoms with van der Waals surface area (Å²) < 4.78 is 38.5. The van der Waals surface area contributed by atoms with Crippen LogP contribution in [0.3, 0.4) is 0 Å². The van der Waals surface area contributed by atoms with Gasteiger partial charge in [0, 0.05) is 36.3 Å². The molecular formula is C18H19F3N2OS. The van der Waals surface area contributed by atoms with Gasteiger partial charge >= 0.3 is 6.18 Å². The van der Waals surface area contributed by atoms with Gasteiger partial charge in [-0.2, -0.15) is 13.2 Å².